The van der Waals surface area contributed by atoms with Crippen molar-refractivity contribution in [2.24, 2.45) is 5.92 Å². The van der Waals surface area contributed by atoms with Crippen molar-refractivity contribution in [2.75, 3.05) is 18.4 Å². The molecule has 0 atom stereocenters. The second-order valence-electron chi connectivity index (χ2n) is 6.28. The number of rotatable bonds is 5. The molecule has 1 saturated heterocycles. The first-order valence-corrected chi connectivity index (χ1v) is 8.50. The van der Waals surface area contributed by atoms with Gasteiger partial charge in [-0.25, -0.2) is 0 Å². The predicted octanol–water partition coefficient (Wildman–Crippen LogP) is 3.08. The van der Waals surface area contributed by atoms with E-state index in [4.69, 9.17) is 4.52 Å². The van der Waals surface area contributed by atoms with E-state index in [1.54, 1.807) is 17.9 Å². The van der Waals surface area contributed by atoms with Crippen molar-refractivity contribution >= 4 is 17.6 Å². The number of benzene rings is 1. The number of piperidine rings is 1. The van der Waals surface area contributed by atoms with E-state index in [-0.39, 0.29) is 23.5 Å². The molecule has 1 N–H and O–H groups in total. The molecule has 2 aromatic rings. The Morgan fingerprint density at radius 1 is 1.26 bits per heavy atom. The number of aryl methyl sites for hydroxylation is 1. The smallest absolute Gasteiger partial charge is 0.387 e. The molecule has 1 fully saturated rings. The summed E-state index contributed by atoms with van der Waals surface area (Å²) in [6.45, 7) is -0.301. The predicted molar refractivity (Wildman–Crippen MR) is 91.6 cm³/mol. The Kier molecular flexibility index (Phi) is 5.68. The number of hydrogen-bond donors (Lipinski definition) is 1. The molecular formula is C18H19F2N3O4. The lowest BCUT2D eigenvalue weighted by atomic mass is 9.95. The first kappa shape index (κ1) is 18.8. The van der Waals surface area contributed by atoms with Crippen LogP contribution in [0.25, 0.3) is 0 Å². The summed E-state index contributed by atoms with van der Waals surface area (Å²) in [5.41, 5.74) is 0.387. The summed E-state index contributed by atoms with van der Waals surface area (Å²) >= 11 is 0. The standard InChI is InChI=1S/C18H19F2N3O4/c1-11-10-15(22-27-11)21-16(24)12-6-8-23(9-7-12)17(25)13-2-4-14(5-3-13)26-18(19)20/h2-5,10,12,18H,6-9H2,1H3,(H,21,22,24). The minimum atomic E-state index is -2.90. The number of halogens is 2. The lowest BCUT2D eigenvalue weighted by Gasteiger charge is -2.31. The largest absolute Gasteiger partial charge is 0.435 e. The lowest BCUT2D eigenvalue weighted by Crippen LogP contribution is -2.41. The Morgan fingerprint density at radius 3 is 2.48 bits per heavy atom. The fourth-order valence-corrected chi connectivity index (χ4v) is 2.96. The normalized spacial score (nSPS) is 15.0. The van der Waals surface area contributed by atoms with E-state index in [0.717, 1.165) is 0 Å². The number of anilines is 1. The number of likely N-dealkylation sites (tertiary alicyclic amines) is 1. The van der Waals surface area contributed by atoms with E-state index < -0.39 is 6.61 Å². The van der Waals surface area contributed by atoms with E-state index in [1.165, 1.54) is 24.3 Å². The van der Waals surface area contributed by atoms with E-state index in [0.29, 0.717) is 43.1 Å². The van der Waals surface area contributed by atoms with Crippen molar-refractivity contribution in [2.45, 2.75) is 26.4 Å². The van der Waals surface area contributed by atoms with Crippen LogP contribution in [-0.2, 0) is 4.79 Å². The van der Waals surface area contributed by atoms with Gasteiger partial charge in [-0.1, -0.05) is 5.16 Å². The number of carbonyl (C=O) groups is 2. The minimum Gasteiger partial charge on any atom is -0.435 e. The maximum Gasteiger partial charge on any atom is 0.387 e. The number of aromatic nitrogens is 1. The van der Waals surface area contributed by atoms with Crippen molar-refractivity contribution in [3.8, 4) is 5.75 Å². The van der Waals surface area contributed by atoms with Crippen molar-refractivity contribution in [3.63, 3.8) is 0 Å². The van der Waals surface area contributed by atoms with Gasteiger partial charge < -0.3 is 19.5 Å². The van der Waals surface area contributed by atoms with E-state index in [2.05, 4.69) is 15.2 Å². The summed E-state index contributed by atoms with van der Waals surface area (Å²) < 4.78 is 33.5. The van der Waals surface area contributed by atoms with Gasteiger partial charge in [0.15, 0.2) is 5.82 Å². The van der Waals surface area contributed by atoms with Crippen LogP contribution in [0.5, 0.6) is 5.75 Å². The summed E-state index contributed by atoms with van der Waals surface area (Å²) in [4.78, 5) is 26.4. The first-order valence-electron chi connectivity index (χ1n) is 8.50. The van der Waals surface area contributed by atoms with Crippen LogP contribution >= 0.6 is 0 Å². The van der Waals surface area contributed by atoms with Crippen LogP contribution in [-0.4, -0.2) is 41.6 Å². The number of ether oxygens (including phenoxy) is 1. The zero-order chi connectivity index (χ0) is 19.4. The van der Waals surface area contributed by atoms with Crippen LogP contribution in [0.15, 0.2) is 34.9 Å². The molecule has 0 radical (unpaired) electrons. The molecule has 3 rings (SSSR count). The van der Waals surface area contributed by atoms with Crippen molar-refractivity contribution in [1.29, 1.82) is 0 Å². The molecule has 9 heteroatoms. The van der Waals surface area contributed by atoms with Gasteiger partial charge in [0.25, 0.3) is 5.91 Å². The minimum absolute atomic E-state index is 0.0000205. The third kappa shape index (κ3) is 4.81. The third-order valence-corrected chi connectivity index (χ3v) is 4.36. The molecule has 0 bridgehead atoms. The maximum atomic E-state index is 12.5. The van der Waals surface area contributed by atoms with Gasteiger partial charge in [-0.05, 0) is 44.0 Å². The van der Waals surface area contributed by atoms with Gasteiger partial charge in [0, 0.05) is 30.6 Å². The van der Waals surface area contributed by atoms with Gasteiger partial charge in [0.1, 0.15) is 11.5 Å². The quantitative estimate of drug-likeness (QED) is 0.863. The molecule has 2 amide bonds. The molecular weight excluding hydrogens is 360 g/mol. The Balaban J connectivity index is 1.52. The number of nitrogens with one attached hydrogen (secondary N) is 1. The van der Waals surface area contributed by atoms with Gasteiger partial charge in [-0.15, -0.1) is 0 Å². The molecule has 27 heavy (non-hydrogen) atoms. The second kappa shape index (κ2) is 8.15. The molecule has 1 aromatic heterocycles. The molecule has 0 spiro atoms. The third-order valence-electron chi connectivity index (χ3n) is 4.36. The van der Waals surface area contributed by atoms with Crippen molar-refractivity contribution < 1.29 is 27.6 Å². The Bertz CT molecular complexity index is 799. The van der Waals surface area contributed by atoms with Gasteiger partial charge in [0.2, 0.25) is 5.91 Å². The van der Waals surface area contributed by atoms with Gasteiger partial charge >= 0.3 is 6.61 Å². The number of amides is 2. The monoisotopic (exact) mass is 379 g/mol. The topological polar surface area (TPSA) is 84.7 Å². The Hall–Kier alpha value is -2.97. The average Bonchev–Trinajstić information content (AvgIpc) is 3.06. The summed E-state index contributed by atoms with van der Waals surface area (Å²) in [7, 11) is 0. The van der Waals surface area contributed by atoms with Crippen LogP contribution in [0.2, 0.25) is 0 Å². The highest BCUT2D eigenvalue weighted by Crippen LogP contribution is 2.22. The number of alkyl halides is 2. The highest BCUT2D eigenvalue weighted by Gasteiger charge is 2.28. The molecule has 0 saturated carbocycles. The summed E-state index contributed by atoms with van der Waals surface area (Å²) in [5, 5.41) is 6.44. The van der Waals surface area contributed by atoms with Crippen molar-refractivity contribution in [1.82, 2.24) is 10.1 Å². The lowest BCUT2D eigenvalue weighted by molar-refractivity contribution is -0.121. The van der Waals surface area contributed by atoms with Gasteiger partial charge in [-0.3, -0.25) is 9.59 Å². The number of nitrogens with zero attached hydrogens (tertiary/aromatic N) is 2. The number of hydrogen-bond acceptors (Lipinski definition) is 5. The van der Waals surface area contributed by atoms with E-state index >= 15 is 0 Å². The summed E-state index contributed by atoms with van der Waals surface area (Å²) in [5.74, 6) is 0.416. The van der Waals surface area contributed by atoms with E-state index in [9.17, 15) is 18.4 Å². The fourth-order valence-electron chi connectivity index (χ4n) is 2.96. The highest BCUT2D eigenvalue weighted by atomic mass is 19.3. The first-order chi connectivity index (χ1) is 12.9. The van der Waals surface area contributed by atoms with Crippen LogP contribution < -0.4 is 10.1 Å². The van der Waals surface area contributed by atoms with Crippen LogP contribution in [0, 0.1) is 12.8 Å². The molecule has 1 aromatic carbocycles. The van der Waals surface area contributed by atoms with E-state index in [1.807, 2.05) is 0 Å². The molecule has 1 aliphatic rings. The Morgan fingerprint density at radius 2 is 1.93 bits per heavy atom. The zero-order valence-corrected chi connectivity index (χ0v) is 14.7. The van der Waals surface area contributed by atoms with Crippen molar-refractivity contribution in [3.05, 3.63) is 41.7 Å². The number of carbonyl (C=O) groups excluding carboxylic acids is 2. The average molecular weight is 379 g/mol. The molecule has 1 aliphatic heterocycles. The second-order valence-corrected chi connectivity index (χ2v) is 6.28. The zero-order valence-electron chi connectivity index (χ0n) is 14.7. The fraction of sp³-hybridized carbons (Fsp3) is 0.389. The summed E-state index contributed by atoms with van der Waals surface area (Å²) in [6.07, 6.45) is 1.06. The maximum absolute atomic E-state index is 12.5. The highest BCUT2D eigenvalue weighted by molar-refractivity contribution is 5.95. The molecule has 144 valence electrons. The Labute approximate surface area is 154 Å². The van der Waals surface area contributed by atoms with Crippen LogP contribution in [0.3, 0.4) is 0 Å². The van der Waals surface area contributed by atoms with Crippen LogP contribution in [0.1, 0.15) is 29.0 Å². The molecule has 2 heterocycles. The van der Waals surface area contributed by atoms with Crippen LogP contribution in [0.4, 0.5) is 14.6 Å². The van der Waals surface area contributed by atoms with Gasteiger partial charge in [0.05, 0.1) is 0 Å². The summed E-state index contributed by atoms with van der Waals surface area (Å²) in [6, 6.07) is 7.20. The molecule has 0 unspecified atom stereocenters. The van der Waals surface area contributed by atoms with Gasteiger partial charge in [-0.2, -0.15) is 8.78 Å². The molecule has 0 aliphatic carbocycles. The molecule has 7 nitrogen and oxygen atoms in total. The SMILES string of the molecule is Cc1cc(NC(=O)C2CCN(C(=O)c3ccc(OC(F)F)cc3)CC2)no1.